The second kappa shape index (κ2) is 6.45. The molecule has 2 atom stereocenters. The first kappa shape index (κ1) is 17.1. The van der Waals surface area contributed by atoms with Crippen LogP contribution in [0.15, 0.2) is 30.3 Å². The van der Waals surface area contributed by atoms with E-state index in [1.807, 2.05) is 18.2 Å². The lowest BCUT2D eigenvalue weighted by Crippen LogP contribution is -2.56. The maximum absolute atomic E-state index is 13.2. The molecule has 2 heteroatoms. The molecule has 0 saturated heterocycles. The normalized spacial score (nSPS) is 35.6. The van der Waals surface area contributed by atoms with Gasteiger partial charge in [0.1, 0.15) is 0 Å². The number of carbonyl (C=O) groups is 1. The van der Waals surface area contributed by atoms with Gasteiger partial charge in [0, 0.05) is 6.04 Å². The van der Waals surface area contributed by atoms with Gasteiger partial charge < -0.3 is 5.32 Å². The van der Waals surface area contributed by atoms with Gasteiger partial charge in [-0.1, -0.05) is 44.2 Å². The molecule has 4 bridgehead atoms. The average Bonchev–Trinajstić information content (AvgIpc) is 2.54. The smallest absolute Gasteiger partial charge is 0.228 e. The lowest BCUT2D eigenvalue weighted by Gasteiger charge is -2.59. The van der Waals surface area contributed by atoms with Crippen LogP contribution in [-0.2, 0) is 4.79 Å². The number of hydrogen-bond acceptors (Lipinski definition) is 1. The highest BCUT2D eigenvalue weighted by molar-refractivity contribution is 5.84. The number of hydrogen-bond donors (Lipinski definition) is 1. The van der Waals surface area contributed by atoms with E-state index in [0.717, 1.165) is 23.3 Å². The highest BCUT2D eigenvalue weighted by Gasteiger charge is 2.53. The van der Waals surface area contributed by atoms with E-state index in [-0.39, 0.29) is 11.8 Å². The van der Waals surface area contributed by atoms with Gasteiger partial charge in [0.05, 0.1) is 5.92 Å². The summed E-state index contributed by atoms with van der Waals surface area (Å²) in [7, 11) is 0. The summed E-state index contributed by atoms with van der Waals surface area (Å²) in [5.74, 6) is 3.29. The summed E-state index contributed by atoms with van der Waals surface area (Å²) in [5, 5.41) is 3.48. The lowest BCUT2D eigenvalue weighted by molar-refractivity contribution is -0.128. The van der Waals surface area contributed by atoms with Gasteiger partial charge in [-0.2, -0.15) is 0 Å². The van der Waals surface area contributed by atoms with Gasteiger partial charge >= 0.3 is 0 Å². The summed E-state index contributed by atoms with van der Waals surface area (Å²) in [6, 6.07) is 10.6. The molecule has 1 aromatic rings. The fraction of sp³-hybridized carbons (Fsp3) is 0.696. The van der Waals surface area contributed by atoms with Crippen molar-refractivity contribution in [2.24, 2.45) is 29.1 Å². The Bertz CT molecular complexity index is 585. The van der Waals surface area contributed by atoms with E-state index in [1.54, 1.807) is 0 Å². The molecule has 4 fully saturated rings. The molecule has 4 aliphatic carbocycles. The van der Waals surface area contributed by atoms with Crippen LogP contribution in [-0.4, -0.2) is 11.9 Å². The van der Waals surface area contributed by atoms with Crippen LogP contribution in [0.5, 0.6) is 0 Å². The van der Waals surface area contributed by atoms with Crippen LogP contribution in [0.1, 0.15) is 70.8 Å². The molecule has 0 radical (unpaired) electrons. The fourth-order valence-electron chi connectivity index (χ4n) is 6.66. The second-order valence-electron chi connectivity index (χ2n) is 9.64. The van der Waals surface area contributed by atoms with Crippen molar-refractivity contribution in [3.05, 3.63) is 35.9 Å². The van der Waals surface area contributed by atoms with Crippen molar-refractivity contribution < 1.29 is 4.79 Å². The van der Waals surface area contributed by atoms with E-state index in [4.69, 9.17) is 0 Å². The van der Waals surface area contributed by atoms with Gasteiger partial charge in [-0.25, -0.2) is 0 Å². The molecule has 136 valence electrons. The average molecular weight is 340 g/mol. The minimum Gasteiger partial charge on any atom is -0.353 e. The summed E-state index contributed by atoms with van der Waals surface area (Å²) in [6.45, 7) is 6.60. The highest BCUT2D eigenvalue weighted by atomic mass is 16.2. The maximum Gasteiger partial charge on any atom is 0.228 e. The SMILES string of the molecule is CC(C)[C@@H](C(=O)N[C@@H](C)C12CC3CC(CC(C3)C1)C2)c1ccccc1. The molecule has 4 saturated carbocycles. The Labute approximate surface area is 152 Å². The Balaban J connectivity index is 1.50. The molecule has 1 aromatic carbocycles. The first-order valence-corrected chi connectivity index (χ1v) is 10.3. The summed E-state index contributed by atoms with van der Waals surface area (Å²) in [6.07, 6.45) is 8.41. The topological polar surface area (TPSA) is 29.1 Å². The van der Waals surface area contributed by atoms with Crippen molar-refractivity contribution in [1.82, 2.24) is 5.32 Å². The van der Waals surface area contributed by atoms with Crippen molar-refractivity contribution in [2.45, 2.75) is 71.3 Å². The number of amides is 1. The van der Waals surface area contributed by atoms with Crippen molar-refractivity contribution in [1.29, 1.82) is 0 Å². The third-order valence-electron chi connectivity index (χ3n) is 7.47. The monoisotopic (exact) mass is 339 g/mol. The third-order valence-corrected chi connectivity index (χ3v) is 7.47. The maximum atomic E-state index is 13.2. The van der Waals surface area contributed by atoms with E-state index in [9.17, 15) is 4.79 Å². The summed E-state index contributed by atoms with van der Waals surface area (Å²) in [5.41, 5.74) is 1.52. The zero-order chi connectivity index (χ0) is 17.6. The quantitative estimate of drug-likeness (QED) is 0.790. The molecule has 5 rings (SSSR count). The van der Waals surface area contributed by atoms with Crippen LogP contribution < -0.4 is 5.32 Å². The zero-order valence-electron chi connectivity index (χ0n) is 16.0. The summed E-state index contributed by atoms with van der Waals surface area (Å²) in [4.78, 5) is 13.2. The minimum absolute atomic E-state index is 0.0439. The molecular formula is C23H33NO. The molecule has 0 unspecified atom stereocenters. The van der Waals surface area contributed by atoms with Gasteiger partial charge in [0.2, 0.25) is 5.91 Å². The van der Waals surface area contributed by atoms with Crippen molar-refractivity contribution in [2.75, 3.05) is 0 Å². The van der Waals surface area contributed by atoms with Crippen LogP contribution in [0, 0.1) is 29.1 Å². The van der Waals surface area contributed by atoms with Crippen LogP contribution in [0.2, 0.25) is 0 Å². The van der Waals surface area contributed by atoms with Gasteiger partial charge in [0.15, 0.2) is 0 Å². The zero-order valence-corrected chi connectivity index (χ0v) is 16.0. The predicted octanol–water partition coefficient (Wildman–Crippen LogP) is 5.15. The molecular weight excluding hydrogens is 306 g/mol. The van der Waals surface area contributed by atoms with E-state index in [0.29, 0.717) is 17.4 Å². The molecule has 1 N–H and O–H groups in total. The number of nitrogens with one attached hydrogen (secondary N) is 1. The number of benzene rings is 1. The first-order valence-electron chi connectivity index (χ1n) is 10.3. The molecule has 1 amide bonds. The molecule has 25 heavy (non-hydrogen) atoms. The Hall–Kier alpha value is -1.31. The largest absolute Gasteiger partial charge is 0.353 e. The summed E-state index contributed by atoms with van der Waals surface area (Å²) >= 11 is 0. The Morgan fingerprint density at radius 3 is 1.96 bits per heavy atom. The summed E-state index contributed by atoms with van der Waals surface area (Å²) < 4.78 is 0. The fourth-order valence-corrected chi connectivity index (χ4v) is 6.66. The van der Waals surface area contributed by atoms with Crippen LogP contribution in [0.4, 0.5) is 0 Å². The Morgan fingerprint density at radius 2 is 1.48 bits per heavy atom. The second-order valence-corrected chi connectivity index (χ2v) is 9.64. The van der Waals surface area contributed by atoms with Crippen molar-refractivity contribution in [3.63, 3.8) is 0 Å². The van der Waals surface area contributed by atoms with Gasteiger partial charge in [0.25, 0.3) is 0 Å². The third kappa shape index (κ3) is 3.13. The highest BCUT2D eigenvalue weighted by Crippen LogP contribution is 2.61. The van der Waals surface area contributed by atoms with Crippen molar-refractivity contribution >= 4 is 5.91 Å². The molecule has 0 aromatic heterocycles. The van der Waals surface area contributed by atoms with Gasteiger partial charge in [-0.15, -0.1) is 0 Å². The van der Waals surface area contributed by atoms with E-state index < -0.39 is 0 Å². The van der Waals surface area contributed by atoms with E-state index >= 15 is 0 Å². The van der Waals surface area contributed by atoms with Gasteiger partial charge in [-0.05, 0) is 80.1 Å². The molecule has 0 heterocycles. The van der Waals surface area contributed by atoms with Gasteiger partial charge in [-0.3, -0.25) is 4.79 Å². The van der Waals surface area contributed by atoms with E-state index in [1.165, 1.54) is 38.5 Å². The molecule has 4 aliphatic rings. The lowest BCUT2D eigenvalue weighted by atomic mass is 9.48. The first-order chi connectivity index (χ1) is 12.0. The predicted molar refractivity (Wildman–Crippen MR) is 102 cm³/mol. The molecule has 2 nitrogen and oxygen atoms in total. The van der Waals surface area contributed by atoms with Crippen LogP contribution >= 0.6 is 0 Å². The van der Waals surface area contributed by atoms with Crippen LogP contribution in [0.25, 0.3) is 0 Å². The molecule has 0 spiro atoms. The Kier molecular flexibility index (Phi) is 4.42. The number of rotatable bonds is 5. The standard InChI is InChI=1S/C23H33NO/c1-15(2)21(20-7-5-4-6-8-20)22(25)24-16(3)23-12-17-9-18(13-23)11-19(10-17)14-23/h4-8,15-19,21H,9-14H2,1-3H3,(H,24,25)/t16-,17?,18?,19?,21+,23?/m0/s1. The number of carbonyl (C=O) groups excluding carboxylic acids is 1. The van der Waals surface area contributed by atoms with E-state index in [2.05, 4.69) is 38.2 Å². The minimum atomic E-state index is -0.0439. The molecule has 0 aliphatic heterocycles. The van der Waals surface area contributed by atoms with Crippen LogP contribution in [0.3, 0.4) is 0 Å². The Morgan fingerprint density at radius 1 is 0.960 bits per heavy atom. The van der Waals surface area contributed by atoms with Crippen molar-refractivity contribution in [3.8, 4) is 0 Å².